The predicted octanol–water partition coefficient (Wildman–Crippen LogP) is 1.17. The first-order valence-corrected chi connectivity index (χ1v) is 8.40. The highest BCUT2D eigenvalue weighted by molar-refractivity contribution is 5.85. The smallest absolute Gasteiger partial charge is 0.266 e. The molecule has 0 aromatic carbocycles. The minimum Gasteiger partial charge on any atom is -0.352 e. The lowest BCUT2D eigenvalue weighted by Gasteiger charge is -2.21. The maximum Gasteiger partial charge on any atom is 0.266 e. The molecule has 0 saturated heterocycles. The van der Waals surface area contributed by atoms with Crippen molar-refractivity contribution in [1.29, 1.82) is 5.26 Å². The first kappa shape index (κ1) is 20.4. The number of aromatic nitrogens is 1. The molecule has 1 aromatic rings. The lowest BCUT2D eigenvalue weighted by atomic mass is 9.99. The van der Waals surface area contributed by atoms with Crippen molar-refractivity contribution < 1.29 is 9.59 Å². The minimum absolute atomic E-state index is 0.0251. The molecule has 7 nitrogen and oxygen atoms in total. The third kappa shape index (κ3) is 5.45. The summed E-state index contributed by atoms with van der Waals surface area (Å²) in [6.45, 7) is 9.50. The first-order valence-electron chi connectivity index (χ1n) is 8.40. The van der Waals surface area contributed by atoms with Crippen LogP contribution in [0, 0.1) is 25.2 Å². The topological polar surface area (TPSA) is 106 Å². The van der Waals surface area contributed by atoms with Gasteiger partial charge in [0.15, 0.2) is 0 Å². The molecule has 0 aliphatic carbocycles. The molecule has 0 atom stereocenters. The van der Waals surface area contributed by atoms with Crippen LogP contribution in [0.15, 0.2) is 4.79 Å². The maximum absolute atomic E-state index is 12.4. The highest BCUT2D eigenvalue weighted by Gasteiger charge is 2.18. The molecule has 0 saturated carbocycles. The number of aromatic amines is 1. The van der Waals surface area contributed by atoms with E-state index in [4.69, 9.17) is 5.26 Å². The summed E-state index contributed by atoms with van der Waals surface area (Å²) in [5.41, 5.74) is 1.74. The zero-order valence-electron chi connectivity index (χ0n) is 15.5. The van der Waals surface area contributed by atoms with Gasteiger partial charge in [0.1, 0.15) is 11.6 Å². The van der Waals surface area contributed by atoms with Crippen LogP contribution in [0.25, 0.3) is 0 Å². The van der Waals surface area contributed by atoms with E-state index >= 15 is 0 Å². The Hall–Kier alpha value is -2.62. The average Bonchev–Trinajstić information content (AvgIpc) is 2.51. The van der Waals surface area contributed by atoms with Crippen LogP contribution < -0.4 is 10.9 Å². The molecule has 0 aliphatic rings. The third-order valence-electron chi connectivity index (χ3n) is 4.03. The number of nitrogens with zero attached hydrogens (tertiary/aromatic N) is 2. The van der Waals surface area contributed by atoms with Crippen LogP contribution in [0.4, 0.5) is 0 Å². The summed E-state index contributed by atoms with van der Waals surface area (Å²) in [6, 6.07) is 1.93. The van der Waals surface area contributed by atoms with Crippen LogP contribution in [0.2, 0.25) is 0 Å². The normalized spacial score (nSPS) is 10.4. The van der Waals surface area contributed by atoms with E-state index in [9.17, 15) is 14.4 Å². The van der Waals surface area contributed by atoms with Gasteiger partial charge in [-0.3, -0.25) is 14.4 Å². The van der Waals surface area contributed by atoms with Gasteiger partial charge in [-0.15, -0.1) is 0 Å². The molecular formula is C18H26N4O3. The fraction of sp³-hybridized carbons (Fsp3) is 0.556. The Labute approximate surface area is 148 Å². The minimum atomic E-state index is -0.409. The molecule has 0 fully saturated rings. The largest absolute Gasteiger partial charge is 0.352 e. The summed E-state index contributed by atoms with van der Waals surface area (Å²) in [5, 5.41) is 11.9. The number of hydrogen-bond acceptors (Lipinski definition) is 4. The molecule has 0 radical (unpaired) electrons. The number of carbonyl (C=O) groups excluding carboxylic acids is 2. The fourth-order valence-electron chi connectivity index (χ4n) is 2.73. The highest BCUT2D eigenvalue weighted by Crippen LogP contribution is 2.15. The Morgan fingerprint density at radius 1 is 1.32 bits per heavy atom. The number of likely N-dealkylation sites (N-methyl/N-ethyl adjacent to an activating group) is 1. The number of pyridine rings is 1. The van der Waals surface area contributed by atoms with Crippen molar-refractivity contribution in [1.82, 2.24) is 15.2 Å². The van der Waals surface area contributed by atoms with Crippen LogP contribution in [0.1, 0.15) is 49.6 Å². The zero-order valence-corrected chi connectivity index (χ0v) is 15.5. The zero-order chi connectivity index (χ0) is 19.1. The molecule has 0 bridgehead atoms. The van der Waals surface area contributed by atoms with Gasteiger partial charge < -0.3 is 15.2 Å². The lowest BCUT2D eigenvalue weighted by molar-refractivity contribution is -0.136. The molecule has 7 heteroatoms. The molecule has 1 aromatic heterocycles. The number of aryl methyl sites for hydroxylation is 1. The number of nitrogens with one attached hydrogen (secondary N) is 2. The molecule has 2 N–H and O–H groups in total. The van der Waals surface area contributed by atoms with Crippen molar-refractivity contribution in [3.8, 4) is 6.07 Å². The number of rotatable bonds is 7. The lowest BCUT2D eigenvalue weighted by Crippen LogP contribution is -2.42. The van der Waals surface area contributed by atoms with Crippen LogP contribution in [0.5, 0.6) is 0 Å². The van der Waals surface area contributed by atoms with Crippen molar-refractivity contribution in [2.45, 2.75) is 53.5 Å². The molecule has 1 rings (SSSR count). The van der Waals surface area contributed by atoms with Crippen molar-refractivity contribution in [2.75, 3.05) is 13.1 Å². The number of H-pyrrole nitrogens is 1. The summed E-state index contributed by atoms with van der Waals surface area (Å²) in [7, 11) is 0. The SMILES string of the molecule is CCN(CC(=O)NC(C)C)C(=O)CCc1c(C)[nH]c(=O)c(C#N)c1C. The molecule has 25 heavy (non-hydrogen) atoms. The van der Waals surface area contributed by atoms with Gasteiger partial charge in [0.25, 0.3) is 5.56 Å². The van der Waals surface area contributed by atoms with E-state index < -0.39 is 5.56 Å². The number of nitriles is 1. The van der Waals surface area contributed by atoms with E-state index in [1.165, 1.54) is 4.90 Å². The van der Waals surface area contributed by atoms with E-state index in [1.807, 2.05) is 26.8 Å². The van der Waals surface area contributed by atoms with Gasteiger partial charge in [-0.1, -0.05) is 0 Å². The van der Waals surface area contributed by atoms with Crippen molar-refractivity contribution in [3.05, 3.63) is 32.7 Å². The second-order valence-corrected chi connectivity index (χ2v) is 6.30. The van der Waals surface area contributed by atoms with Crippen LogP contribution in [-0.4, -0.2) is 40.8 Å². The van der Waals surface area contributed by atoms with Gasteiger partial charge >= 0.3 is 0 Å². The molecule has 2 amide bonds. The molecule has 0 unspecified atom stereocenters. The number of amides is 2. The predicted molar refractivity (Wildman–Crippen MR) is 95.1 cm³/mol. The van der Waals surface area contributed by atoms with Crippen molar-refractivity contribution >= 4 is 11.8 Å². The van der Waals surface area contributed by atoms with Gasteiger partial charge in [0.2, 0.25) is 11.8 Å². The van der Waals surface area contributed by atoms with Crippen molar-refractivity contribution in [2.24, 2.45) is 0 Å². The quantitative estimate of drug-likeness (QED) is 0.773. The van der Waals surface area contributed by atoms with E-state index in [0.717, 1.165) is 5.56 Å². The Morgan fingerprint density at radius 2 is 1.96 bits per heavy atom. The van der Waals surface area contributed by atoms with Gasteiger partial charge in [-0.25, -0.2) is 0 Å². The Kier molecular flexibility index (Phi) is 7.37. The number of carbonyl (C=O) groups is 2. The second kappa shape index (κ2) is 9.02. The average molecular weight is 346 g/mol. The number of hydrogen-bond donors (Lipinski definition) is 2. The van der Waals surface area contributed by atoms with E-state index in [2.05, 4.69) is 10.3 Å². The van der Waals surface area contributed by atoms with E-state index in [1.54, 1.807) is 13.8 Å². The molecule has 1 heterocycles. The van der Waals surface area contributed by atoms with Crippen LogP contribution in [-0.2, 0) is 16.0 Å². The fourth-order valence-corrected chi connectivity index (χ4v) is 2.73. The van der Waals surface area contributed by atoms with Crippen LogP contribution >= 0.6 is 0 Å². The van der Waals surface area contributed by atoms with Crippen molar-refractivity contribution in [3.63, 3.8) is 0 Å². The summed E-state index contributed by atoms with van der Waals surface area (Å²) >= 11 is 0. The Morgan fingerprint density at radius 3 is 2.48 bits per heavy atom. The Balaban J connectivity index is 2.83. The third-order valence-corrected chi connectivity index (χ3v) is 4.03. The molecule has 0 aliphatic heterocycles. The standard InChI is InChI=1S/C18H26N4O3/c1-6-22(10-16(23)20-11(2)3)17(24)8-7-14-12(4)15(9-19)18(25)21-13(14)5/h11H,6-8,10H2,1-5H3,(H,20,23)(H,21,25). The Bertz CT molecular complexity index is 744. The summed E-state index contributed by atoms with van der Waals surface area (Å²) in [6.07, 6.45) is 0.617. The summed E-state index contributed by atoms with van der Waals surface area (Å²) < 4.78 is 0. The first-order chi connectivity index (χ1) is 11.7. The second-order valence-electron chi connectivity index (χ2n) is 6.30. The van der Waals surface area contributed by atoms with E-state index in [-0.39, 0.29) is 36.4 Å². The molecule has 0 spiro atoms. The maximum atomic E-state index is 12.4. The van der Waals surface area contributed by atoms with Crippen LogP contribution in [0.3, 0.4) is 0 Å². The van der Waals surface area contributed by atoms with Gasteiger partial charge in [-0.2, -0.15) is 5.26 Å². The molecular weight excluding hydrogens is 320 g/mol. The van der Waals surface area contributed by atoms with Gasteiger partial charge in [-0.05, 0) is 52.2 Å². The monoisotopic (exact) mass is 346 g/mol. The summed E-state index contributed by atoms with van der Waals surface area (Å²) in [5.74, 6) is -0.321. The van der Waals surface area contributed by atoms with E-state index in [0.29, 0.717) is 24.2 Å². The van der Waals surface area contributed by atoms with Gasteiger partial charge in [0, 0.05) is 24.7 Å². The summed E-state index contributed by atoms with van der Waals surface area (Å²) in [4.78, 5) is 40.2. The molecule has 136 valence electrons. The van der Waals surface area contributed by atoms with Gasteiger partial charge in [0.05, 0.1) is 6.54 Å². The highest BCUT2D eigenvalue weighted by atomic mass is 16.2.